The minimum Gasteiger partial charge on any atom is -0.381 e. The number of anilines is 1. The van der Waals surface area contributed by atoms with E-state index in [1.807, 2.05) is 24.0 Å². The summed E-state index contributed by atoms with van der Waals surface area (Å²) in [5.74, 6) is 1.10. The van der Waals surface area contributed by atoms with Crippen LogP contribution in [0.25, 0.3) is 0 Å². The molecule has 0 aliphatic carbocycles. The molecular formula is C18H31Cl2N5O2. The second-order valence-electron chi connectivity index (χ2n) is 7.26. The minimum absolute atomic E-state index is 0. The molecule has 1 amide bonds. The first kappa shape index (κ1) is 23.9. The van der Waals surface area contributed by atoms with Crippen LogP contribution in [0.5, 0.6) is 0 Å². The molecule has 3 heterocycles. The maximum atomic E-state index is 13.0. The van der Waals surface area contributed by atoms with Crippen LogP contribution in [-0.4, -0.2) is 66.9 Å². The van der Waals surface area contributed by atoms with E-state index in [9.17, 15) is 4.79 Å². The van der Waals surface area contributed by atoms with E-state index in [1.165, 1.54) is 0 Å². The number of halogens is 2. The quantitative estimate of drug-likeness (QED) is 0.800. The molecule has 0 unspecified atom stereocenters. The zero-order valence-electron chi connectivity index (χ0n) is 16.1. The van der Waals surface area contributed by atoms with Gasteiger partial charge in [-0.05, 0) is 44.7 Å². The highest BCUT2D eigenvalue weighted by molar-refractivity contribution is 5.85. The number of aromatic nitrogens is 2. The van der Waals surface area contributed by atoms with E-state index in [1.54, 1.807) is 0 Å². The van der Waals surface area contributed by atoms with Gasteiger partial charge in [0.1, 0.15) is 0 Å². The summed E-state index contributed by atoms with van der Waals surface area (Å²) in [7, 11) is 2.06. The third kappa shape index (κ3) is 5.22. The highest BCUT2D eigenvalue weighted by Crippen LogP contribution is 2.33. The molecule has 1 aromatic rings. The van der Waals surface area contributed by atoms with Crippen molar-refractivity contribution in [3.8, 4) is 0 Å². The maximum absolute atomic E-state index is 13.0. The number of ether oxygens (including phenoxy) is 1. The number of rotatable bonds is 4. The van der Waals surface area contributed by atoms with Crippen molar-refractivity contribution < 1.29 is 9.53 Å². The van der Waals surface area contributed by atoms with E-state index in [2.05, 4.69) is 22.1 Å². The van der Waals surface area contributed by atoms with E-state index in [-0.39, 0.29) is 30.7 Å². The summed E-state index contributed by atoms with van der Waals surface area (Å²) in [5, 5.41) is 8.41. The average Bonchev–Trinajstić information content (AvgIpc) is 2.68. The fraction of sp³-hybridized carbons (Fsp3) is 0.722. The lowest BCUT2D eigenvalue weighted by molar-refractivity contribution is -0.148. The summed E-state index contributed by atoms with van der Waals surface area (Å²) >= 11 is 0. The number of carbonyl (C=O) groups excluding carboxylic acids is 1. The molecule has 2 saturated heterocycles. The molecule has 7 nitrogen and oxygen atoms in total. The van der Waals surface area contributed by atoms with Crippen molar-refractivity contribution in [2.45, 2.75) is 38.6 Å². The SMILES string of the molecule is Cc1ccc(N(C)C2CCN(C(=O)C3(CN)CCOCC3)CC2)nn1.Cl.Cl. The summed E-state index contributed by atoms with van der Waals surface area (Å²) in [6.07, 6.45) is 3.35. The number of piperidine rings is 1. The van der Waals surface area contributed by atoms with Gasteiger partial charge in [0.2, 0.25) is 5.91 Å². The van der Waals surface area contributed by atoms with Crippen LogP contribution in [0.2, 0.25) is 0 Å². The standard InChI is InChI=1S/C18H29N5O2.2ClH/c1-14-3-4-16(21-20-14)22(2)15-5-9-23(10-6-15)17(24)18(13-19)7-11-25-12-8-18;;/h3-4,15H,5-13,19H2,1-2H3;2*1H. The Morgan fingerprint density at radius 2 is 1.89 bits per heavy atom. The van der Waals surface area contributed by atoms with Gasteiger partial charge in [-0.25, -0.2) is 0 Å². The number of aryl methyl sites for hydroxylation is 1. The Bertz CT molecular complexity index is 588. The van der Waals surface area contributed by atoms with Gasteiger partial charge in [-0.2, -0.15) is 5.10 Å². The van der Waals surface area contributed by atoms with Gasteiger partial charge >= 0.3 is 0 Å². The molecule has 9 heteroatoms. The van der Waals surface area contributed by atoms with E-state index < -0.39 is 5.41 Å². The average molecular weight is 420 g/mol. The van der Waals surface area contributed by atoms with Crippen LogP contribution in [-0.2, 0) is 9.53 Å². The normalized spacial score (nSPS) is 19.6. The third-order valence-electron chi connectivity index (χ3n) is 5.74. The zero-order valence-corrected chi connectivity index (χ0v) is 17.7. The molecule has 2 N–H and O–H groups in total. The summed E-state index contributed by atoms with van der Waals surface area (Å²) < 4.78 is 5.42. The molecular weight excluding hydrogens is 389 g/mol. The maximum Gasteiger partial charge on any atom is 0.230 e. The Morgan fingerprint density at radius 3 is 2.41 bits per heavy atom. The van der Waals surface area contributed by atoms with E-state index in [0.29, 0.717) is 25.8 Å². The molecule has 0 spiro atoms. The van der Waals surface area contributed by atoms with Gasteiger partial charge in [-0.15, -0.1) is 29.9 Å². The van der Waals surface area contributed by atoms with Crippen molar-refractivity contribution in [2.24, 2.45) is 11.1 Å². The van der Waals surface area contributed by atoms with Gasteiger partial charge < -0.3 is 20.3 Å². The monoisotopic (exact) mass is 419 g/mol. The number of carbonyl (C=O) groups is 1. The molecule has 0 radical (unpaired) electrons. The molecule has 2 fully saturated rings. The topological polar surface area (TPSA) is 84.6 Å². The van der Waals surface area contributed by atoms with Crippen molar-refractivity contribution in [1.82, 2.24) is 15.1 Å². The zero-order chi connectivity index (χ0) is 17.9. The summed E-state index contributed by atoms with van der Waals surface area (Å²) in [6.45, 7) is 5.16. The molecule has 3 rings (SSSR count). The molecule has 27 heavy (non-hydrogen) atoms. The lowest BCUT2D eigenvalue weighted by atomic mass is 9.78. The first-order valence-electron chi connectivity index (χ1n) is 9.16. The van der Waals surface area contributed by atoms with Crippen LogP contribution in [0.15, 0.2) is 12.1 Å². The van der Waals surface area contributed by atoms with Crippen molar-refractivity contribution in [1.29, 1.82) is 0 Å². The second-order valence-corrected chi connectivity index (χ2v) is 7.26. The van der Waals surface area contributed by atoms with Crippen LogP contribution >= 0.6 is 24.8 Å². The fourth-order valence-corrected chi connectivity index (χ4v) is 3.83. The summed E-state index contributed by atoms with van der Waals surface area (Å²) in [6, 6.07) is 4.36. The molecule has 0 bridgehead atoms. The Labute approximate surface area is 173 Å². The Balaban J connectivity index is 0.00000182. The molecule has 154 valence electrons. The molecule has 0 aromatic carbocycles. The molecule has 0 atom stereocenters. The summed E-state index contributed by atoms with van der Waals surface area (Å²) in [4.78, 5) is 17.2. The number of likely N-dealkylation sites (tertiary alicyclic amines) is 1. The van der Waals surface area contributed by atoms with Gasteiger partial charge in [-0.3, -0.25) is 4.79 Å². The first-order chi connectivity index (χ1) is 12.1. The number of nitrogens with two attached hydrogens (primary N) is 1. The summed E-state index contributed by atoms with van der Waals surface area (Å²) in [5.41, 5.74) is 6.48. The van der Waals surface area contributed by atoms with Gasteiger partial charge in [0.25, 0.3) is 0 Å². The predicted molar refractivity (Wildman–Crippen MR) is 111 cm³/mol. The number of nitrogens with zero attached hydrogens (tertiary/aromatic N) is 4. The lowest BCUT2D eigenvalue weighted by Gasteiger charge is -2.43. The van der Waals surface area contributed by atoms with Crippen LogP contribution in [0.4, 0.5) is 5.82 Å². The fourth-order valence-electron chi connectivity index (χ4n) is 3.83. The first-order valence-corrected chi connectivity index (χ1v) is 9.16. The van der Waals surface area contributed by atoms with Gasteiger partial charge in [0.15, 0.2) is 5.82 Å². The highest BCUT2D eigenvalue weighted by atomic mass is 35.5. The predicted octanol–water partition coefficient (Wildman–Crippen LogP) is 1.81. The number of hydrogen-bond donors (Lipinski definition) is 1. The third-order valence-corrected chi connectivity index (χ3v) is 5.74. The van der Waals surface area contributed by atoms with E-state index in [4.69, 9.17) is 10.5 Å². The highest BCUT2D eigenvalue weighted by Gasteiger charge is 2.42. The smallest absolute Gasteiger partial charge is 0.230 e. The molecule has 0 saturated carbocycles. The largest absolute Gasteiger partial charge is 0.381 e. The Morgan fingerprint density at radius 1 is 1.26 bits per heavy atom. The van der Waals surface area contributed by atoms with Crippen LogP contribution in [0, 0.1) is 12.3 Å². The van der Waals surface area contributed by atoms with Crippen molar-refractivity contribution in [3.05, 3.63) is 17.8 Å². The van der Waals surface area contributed by atoms with Crippen molar-refractivity contribution in [2.75, 3.05) is 44.8 Å². The van der Waals surface area contributed by atoms with Gasteiger partial charge in [0.05, 0.1) is 11.1 Å². The lowest BCUT2D eigenvalue weighted by Crippen LogP contribution is -2.54. The van der Waals surface area contributed by atoms with Crippen LogP contribution in [0.1, 0.15) is 31.4 Å². The number of hydrogen-bond acceptors (Lipinski definition) is 6. The van der Waals surface area contributed by atoms with Crippen LogP contribution in [0.3, 0.4) is 0 Å². The van der Waals surface area contributed by atoms with Gasteiger partial charge in [-0.1, -0.05) is 0 Å². The van der Waals surface area contributed by atoms with E-state index >= 15 is 0 Å². The molecule has 2 aliphatic heterocycles. The van der Waals surface area contributed by atoms with Crippen molar-refractivity contribution >= 4 is 36.5 Å². The Kier molecular flexibility index (Phi) is 9.21. The molecule has 2 aliphatic rings. The Hall–Kier alpha value is -1.15. The van der Waals surface area contributed by atoms with Crippen molar-refractivity contribution in [3.63, 3.8) is 0 Å². The molecule has 1 aromatic heterocycles. The second kappa shape index (κ2) is 10.4. The van der Waals surface area contributed by atoms with Gasteiger partial charge in [0, 0.05) is 45.9 Å². The number of amides is 1. The minimum atomic E-state index is -0.417. The van der Waals surface area contributed by atoms with E-state index in [0.717, 1.165) is 50.3 Å². The van der Waals surface area contributed by atoms with Crippen LogP contribution < -0.4 is 10.6 Å².